The van der Waals surface area contributed by atoms with Crippen molar-refractivity contribution < 1.29 is 13.7 Å². The fourth-order valence-corrected chi connectivity index (χ4v) is 1.84. The van der Waals surface area contributed by atoms with Crippen LogP contribution in [-0.4, -0.2) is 4.92 Å². The summed E-state index contributed by atoms with van der Waals surface area (Å²) in [4.78, 5) is 9.67. The van der Waals surface area contributed by atoms with Crippen molar-refractivity contribution in [2.45, 2.75) is 6.54 Å². The lowest BCUT2D eigenvalue weighted by Gasteiger charge is -2.08. The summed E-state index contributed by atoms with van der Waals surface area (Å²) in [6.45, 7) is 0.0869. The minimum absolute atomic E-state index is 0.0869. The zero-order valence-corrected chi connectivity index (χ0v) is 10.8. The largest absolute Gasteiger partial charge is 0.381 e. The highest BCUT2D eigenvalue weighted by atomic mass is 35.5. The van der Waals surface area contributed by atoms with Crippen LogP contribution in [0.4, 0.5) is 20.2 Å². The van der Waals surface area contributed by atoms with Crippen LogP contribution in [0.15, 0.2) is 36.4 Å². The summed E-state index contributed by atoms with van der Waals surface area (Å²) in [6.07, 6.45) is 0. The van der Waals surface area contributed by atoms with Gasteiger partial charge in [-0.2, -0.15) is 4.39 Å². The number of halogens is 3. The molecule has 2 rings (SSSR count). The van der Waals surface area contributed by atoms with Crippen LogP contribution >= 0.6 is 11.6 Å². The van der Waals surface area contributed by atoms with E-state index in [0.717, 1.165) is 12.1 Å². The first kappa shape index (κ1) is 14.2. The highest BCUT2D eigenvalue weighted by Gasteiger charge is 2.13. The number of rotatable bonds is 4. The molecule has 0 spiro atoms. The van der Waals surface area contributed by atoms with E-state index in [-0.39, 0.29) is 6.54 Å². The molecule has 0 bridgehead atoms. The Morgan fingerprint density at radius 3 is 2.55 bits per heavy atom. The van der Waals surface area contributed by atoms with Gasteiger partial charge in [-0.1, -0.05) is 11.6 Å². The minimum Gasteiger partial charge on any atom is -0.381 e. The molecule has 2 aromatic carbocycles. The molecule has 20 heavy (non-hydrogen) atoms. The molecule has 2 aromatic rings. The Bertz CT molecular complexity index is 665. The average Bonchev–Trinajstić information content (AvgIpc) is 2.39. The summed E-state index contributed by atoms with van der Waals surface area (Å²) >= 11 is 5.75. The lowest BCUT2D eigenvalue weighted by molar-refractivity contribution is -0.387. The summed E-state index contributed by atoms with van der Waals surface area (Å²) < 4.78 is 26.9. The van der Waals surface area contributed by atoms with Gasteiger partial charge in [0.25, 0.3) is 0 Å². The van der Waals surface area contributed by atoms with Crippen molar-refractivity contribution in [2.24, 2.45) is 0 Å². The van der Waals surface area contributed by atoms with Gasteiger partial charge in [-0.25, -0.2) is 4.39 Å². The highest BCUT2D eigenvalue weighted by Crippen LogP contribution is 2.22. The smallest absolute Gasteiger partial charge is 0.304 e. The predicted molar refractivity (Wildman–Crippen MR) is 71.8 cm³/mol. The Balaban J connectivity index is 2.13. The summed E-state index contributed by atoms with van der Waals surface area (Å²) in [6, 6.07) is 7.49. The zero-order chi connectivity index (χ0) is 14.7. The lowest BCUT2D eigenvalue weighted by atomic mass is 10.2. The molecule has 1 N–H and O–H groups in total. The number of nitrogens with one attached hydrogen (secondary N) is 1. The van der Waals surface area contributed by atoms with Gasteiger partial charge in [-0.05, 0) is 24.3 Å². The lowest BCUT2D eigenvalue weighted by Crippen LogP contribution is -2.03. The van der Waals surface area contributed by atoms with E-state index in [4.69, 9.17) is 11.6 Å². The van der Waals surface area contributed by atoms with Crippen LogP contribution < -0.4 is 5.32 Å². The standard InChI is InChI=1S/C13H9ClF2N2O2/c14-9-1-3-11(15)8(5-9)7-17-10-2-4-13(18(19)20)12(16)6-10/h1-6,17H,7H2. The van der Waals surface area contributed by atoms with Gasteiger partial charge in [0.15, 0.2) is 0 Å². The number of nitrogens with zero attached hydrogens (tertiary/aromatic N) is 1. The van der Waals surface area contributed by atoms with Crippen molar-refractivity contribution >= 4 is 23.0 Å². The van der Waals surface area contributed by atoms with Crippen molar-refractivity contribution in [3.8, 4) is 0 Å². The number of benzene rings is 2. The van der Waals surface area contributed by atoms with Gasteiger partial charge >= 0.3 is 5.69 Å². The van der Waals surface area contributed by atoms with Gasteiger partial charge in [-0.3, -0.25) is 10.1 Å². The fourth-order valence-electron chi connectivity index (χ4n) is 1.64. The second-order valence-electron chi connectivity index (χ2n) is 4.01. The van der Waals surface area contributed by atoms with Crippen LogP contribution in [0.25, 0.3) is 0 Å². The third kappa shape index (κ3) is 3.21. The van der Waals surface area contributed by atoms with Gasteiger partial charge in [0.1, 0.15) is 5.82 Å². The summed E-state index contributed by atoms with van der Waals surface area (Å²) in [5, 5.41) is 13.6. The molecule has 0 atom stereocenters. The third-order valence-corrected chi connectivity index (χ3v) is 2.87. The molecule has 0 aliphatic heterocycles. The van der Waals surface area contributed by atoms with Crippen LogP contribution in [0, 0.1) is 21.7 Å². The van der Waals surface area contributed by atoms with E-state index in [0.29, 0.717) is 16.3 Å². The Kier molecular flexibility index (Phi) is 4.14. The normalized spacial score (nSPS) is 10.3. The number of nitro benzene ring substituents is 1. The van der Waals surface area contributed by atoms with Gasteiger partial charge in [0.2, 0.25) is 5.82 Å². The summed E-state index contributed by atoms with van der Waals surface area (Å²) in [5.74, 6) is -1.39. The summed E-state index contributed by atoms with van der Waals surface area (Å²) in [5.41, 5.74) is 0.0215. The van der Waals surface area contributed by atoms with Crippen LogP contribution in [0.1, 0.15) is 5.56 Å². The van der Waals surface area contributed by atoms with Crippen molar-refractivity contribution in [3.63, 3.8) is 0 Å². The molecule has 0 aliphatic carbocycles. The van der Waals surface area contributed by atoms with E-state index < -0.39 is 22.2 Å². The van der Waals surface area contributed by atoms with Gasteiger partial charge in [-0.15, -0.1) is 0 Å². The number of anilines is 1. The van der Waals surface area contributed by atoms with Crippen LogP contribution in [0.2, 0.25) is 5.02 Å². The zero-order valence-electron chi connectivity index (χ0n) is 10.1. The van der Waals surface area contributed by atoms with E-state index >= 15 is 0 Å². The second-order valence-corrected chi connectivity index (χ2v) is 4.45. The van der Waals surface area contributed by atoms with E-state index in [2.05, 4.69) is 5.32 Å². The molecule has 0 unspecified atom stereocenters. The monoisotopic (exact) mass is 298 g/mol. The van der Waals surface area contributed by atoms with Crippen molar-refractivity contribution in [1.29, 1.82) is 0 Å². The molecule has 0 amide bonds. The van der Waals surface area contributed by atoms with E-state index in [1.165, 1.54) is 24.3 Å². The van der Waals surface area contributed by atoms with Crippen LogP contribution in [-0.2, 0) is 6.54 Å². The predicted octanol–water partition coefficient (Wildman–Crippen LogP) is 4.14. The van der Waals surface area contributed by atoms with Crippen LogP contribution in [0.5, 0.6) is 0 Å². The quantitative estimate of drug-likeness (QED) is 0.682. The molecular formula is C13H9ClF2N2O2. The Labute approximate surface area is 118 Å². The first-order valence-electron chi connectivity index (χ1n) is 5.59. The fraction of sp³-hybridized carbons (Fsp3) is 0.0769. The molecule has 0 aromatic heterocycles. The van der Waals surface area contributed by atoms with Gasteiger partial charge in [0.05, 0.1) is 4.92 Å². The van der Waals surface area contributed by atoms with Crippen molar-refractivity contribution in [2.75, 3.05) is 5.32 Å². The van der Waals surface area contributed by atoms with E-state index in [1.54, 1.807) is 0 Å². The maximum absolute atomic E-state index is 13.5. The molecular weight excluding hydrogens is 290 g/mol. The molecule has 0 saturated heterocycles. The Morgan fingerprint density at radius 2 is 1.90 bits per heavy atom. The number of hydrogen-bond acceptors (Lipinski definition) is 3. The van der Waals surface area contributed by atoms with Crippen molar-refractivity contribution in [1.82, 2.24) is 0 Å². The highest BCUT2D eigenvalue weighted by molar-refractivity contribution is 6.30. The molecule has 4 nitrogen and oxygen atoms in total. The molecule has 0 aliphatic rings. The molecule has 0 radical (unpaired) electrons. The van der Waals surface area contributed by atoms with E-state index in [1.807, 2.05) is 0 Å². The molecule has 0 fully saturated rings. The molecule has 0 saturated carbocycles. The van der Waals surface area contributed by atoms with Crippen LogP contribution in [0.3, 0.4) is 0 Å². The Hall–Kier alpha value is -2.21. The SMILES string of the molecule is O=[N+]([O-])c1ccc(NCc2cc(Cl)ccc2F)cc1F. The minimum atomic E-state index is -0.952. The Morgan fingerprint density at radius 1 is 1.15 bits per heavy atom. The number of hydrogen-bond donors (Lipinski definition) is 1. The van der Waals surface area contributed by atoms with Gasteiger partial charge in [0, 0.05) is 35.0 Å². The topological polar surface area (TPSA) is 55.2 Å². The number of nitro groups is 1. The second kappa shape index (κ2) is 5.83. The maximum atomic E-state index is 13.5. The molecule has 0 heterocycles. The first-order chi connectivity index (χ1) is 9.47. The third-order valence-electron chi connectivity index (χ3n) is 2.64. The maximum Gasteiger partial charge on any atom is 0.304 e. The van der Waals surface area contributed by atoms with E-state index in [9.17, 15) is 18.9 Å². The average molecular weight is 299 g/mol. The molecule has 7 heteroatoms. The van der Waals surface area contributed by atoms with Crippen molar-refractivity contribution in [3.05, 3.63) is 68.7 Å². The first-order valence-corrected chi connectivity index (χ1v) is 5.97. The summed E-state index contributed by atoms with van der Waals surface area (Å²) in [7, 11) is 0. The van der Waals surface area contributed by atoms with Gasteiger partial charge < -0.3 is 5.32 Å². The molecule has 104 valence electrons.